The second-order valence-corrected chi connectivity index (χ2v) is 2.73. The lowest BCUT2D eigenvalue weighted by Crippen LogP contribution is -1.99. The van der Waals surface area contributed by atoms with Crippen molar-refractivity contribution in [1.29, 1.82) is 0 Å². The zero-order chi connectivity index (χ0) is 7.68. The van der Waals surface area contributed by atoms with Gasteiger partial charge in [-0.3, -0.25) is 4.79 Å². The molecule has 1 aromatic rings. The molecule has 1 aromatic heterocycles. The topological polar surface area (TPSA) is 47.8 Å². The van der Waals surface area contributed by atoms with Gasteiger partial charge < -0.3 is 4.57 Å². The highest BCUT2D eigenvalue weighted by Gasteiger charge is 2.12. The molecular formula is C7H9N3O. The van der Waals surface area contributed by atoms with Crippen LogP contribution in [0.25, 0.3) is 0 Å². The van der Waals surface area contributed by atoms with Gasteiger partial charge in [-0.2, -0.15) is 0 Å². The third kappa shape index (κ3) is 1.15. The highest BCUT2D eigenvalue weighted by molar-refractivity contribution is 5.78. The Balaban J connectivity index is 2.27. The number of Topliss-reactive ketones (excluding diaryl/α,β-unsaturated/α-hetero) is 1. The number of ketones is 1. The van der Waals surface area contributed by atoms with Gasteiger partial charge in [0.1, 0.15) is 17.9 Å². The van der Waals surface area contributed by atoms with E-state index in [1.807, 2.05) is 4.57 Å². The summed E-state index contributed by atoms with van der Waals surface area (Å²) in [5, 5.41) is 7.68. The van der Waals surface area contributed by atoms with Crippen LogP contribution < -0.4 is 0 Å². The zero-order valence-corrected chi connectivity index (χ0v) is 6.16. The molecule has 0 aromatic carbocycles. The fourth-order valence-electron chi connectivity index (χ4n) is 1.28. The molecule has 0 unspecified atom stereocenters. The van der Waals surface area contributed by atoms with E-state index in [0.717, 1.165) is 18.8 Å². The molecule has 1 aliphatic rings. The molecule has 0 bridgehead atoms. The Morgan fingerprint density at radius 3 is 3.18 bits per heavy atom. The van der Waals surface area contributed by atoms with E-state index in [1.165, 1.54) is 0 Å². The predicted molar refractivity (Wildman–Crippen MR) is 38.0 cm³/mol. The number of aryl methyl sites for hydroxylation is 2. The van der Waals surface area contributed by atoms with Crippen LogP contribution in [0.1, 0.15) is 18.7 Å². The van der Waals surface area contributed by atoms with Crippen molar-refractivity contribution in [3.63, 3.8) is 0 Å². The van der Waals surface area contributed by atoms with Gasteiger partial charge in [-0.15, -0.1) is 10.2 Å². The first kappa shape index (κ1) is 6.52. The van der Waals surface area contributed by atoms with E-state index in [9.17, 15) is 4.79 Å². The molecule has 0 fully saturated rings. The standard InChI is InChI=1S/C7H9N3O/c11-6-1-2-7-9-8-5-10(7)4-3-6/h5H,1-4H2. The fraction of sp³-hybridized carbons (Fsp3) is 0.571. The lowest BCUT2D eigenvalue weighted by molar-refractivity contribution is -0.119. The summed E-state index contributed by atoms with van der Waals surface area (Å²) in [6, 6.07) is 0. The second kappa shape index (κ2) is 2.45. The Morgan fingerprint density at radius 2 is 2.27 bits per heavy atom. The van der Waals surface area contributed by atoms with Crippen LogP contribution in [0.5, 0.6) is 0 Å². The molecule has 0 radical (unpaired) electrons. The van der Waals surface area contributed by atoms with E-state index < -0.39 is 0 Å². The van der Waals surface area contributed by atoms with E-state index >= 15 is 0 Å². The summed E-state index contributed by atoms with van der Waals surface area (Å²) in [4.78, 5) is 11.0. The van der Waals surface area contributed by atoms with Crippen LogP contribution in [0, 0.1) is 0 Å². The molecule has 0 atom stereocenters. The van der Waals surface area contributed by atoms with E-state index in [1.54, 1.807) is 6.33 Å². The van der Waals surface area contributed by atoms with Gasteiger partial charge in [-0.1, -0.05) is 0 Å². The number of carbonyl (C=O) groups is 1. The molecule has 0 saturated carbocycles. The minimum absolute atomic E-state index is 0.329. The molecule has 0 aliphatic carbocycles. The minimum Gasteiger partial charge on any atom is -0.317 e. The van der Waals surface area contributed by atoms with Gasteiger partial charge in [0.25, 0.3) is 0 Å². The zero-order valence-electron chi connectivity index (χ0n) is 6.16. The van der Waals surface area contributed by atoms with Gasteiger partial charge in [0.2, 0.25) is 0 Å². The van der Waals surface area contributed by atoms with Crippen LogP contribution in [-0.2, 0) is 17.8 Å². The first-order valence-electron chi connectivity index (χ1n) is 3.74. The van der Waals surface area contributed by atoms with Crippen molar-refractivity contribution in [2.45, 2.75) is 25.8 Å². The third-order valence-corrected chi connectivity index (χ3v) is 1.95. The number of rotatable bonds is 0. The van der Waals surface area contributed by atoms with Crippen molar-refractivity contribution >= 4 is 5.78 Å². The van der Waals surface area contributed by atoms with Gasteiger partial charge in [-0.05, 0) is 0 Å². The number of nitrogens with zero attached hydrogens (tertiary/aromatic N) is 3. The van der Waals surface area contributed by atoms with Crippen molar-refractivity contribution in [2.24, 2.45) is 0 Å². The molecule has 2 heterocycles. The monoisotopic (exact) mass is 151 g/mol. The number of fused-ring (bicyclic) bond motifs is 1. The fourth-order valence-corrected chi connectivity index (χ4v) is 1.28. The lowest BCUT2D eigenvalue weighted by Gasteiger charge is -1.96. The number of hydrogen-bond donors (Lipinski definition) is 0. The summed E-state index contributed by atoms with van der Waals surface area (Å²) >= 11 is 0. The Labute approximate surface area is 64.2 Å². The van der Waals surface area contributed by atoms with Crippen LogP contribution in [0.3, 0.4) is 0 Å². The number of aromatic nitrogens is 3. The molecule has 0 spiro atoms. The Bertz CT molecular complexity index is 254. The molecular weight excluding hydrogens is 142 g/mol. The first-order chi connectivity index (χ1) is 5.36. The normalized spacial score (nSPS) is 17.6. The molecule has 0 amide bonds. The molecule has 1 aliphatic heterocycles. The molecule has 58 valence electrons. The summed E-state index contributed by atoms with van der Waals surface area (Å²) in [5.41, 5.74) is 0. The SMILES string of the molecule is O=C1CCc2nncn2CC1. The van der Waals surface area contributed by atoms with Crippen molar-refractivity contribution in [3.05, 3.63) is 12.2 Å². The quantitative estimate of drug-likeness (QED) is 0.531. The molecule has 4 nitrogen and oxygen atoms in total. The summed E-state index contributed by atoms with van der Waals surface area (Å²) in [5.74, 6) is 1.27. The van der Waals surface area contributed by atoms with E-state index in [2.05, 4.69) is 10.2 Å². The van der Waals surface area contributed by atoms with Crippen LogP contribution in [0.2, 0.25) is 0 Å². The summed E-state index contributed by atoms with van der Waals surface area (Å²) in [7, 11) is 0. The first-order valence-corrected chi connectivity index (χ1v) is 3.74. The summed E-state index contributed by atoms with van der Waals surface area (Å²) in [6.45, 7) is 0.751. The Kier molecular flexibility index (Phi) is 1.45. The highest BCUT2D eigenvalue weighted by atomic mass is 16.1. The van der Waals surface area contributed by atoms with Gasteiger partial charge in [0.05, 0.1) is 0 Å². The van der Waals surface area contributed by atoms with Crippen LogP contribution >= 0.6 is 0 Å². The van der Waals surface area contributed by atoms with Crippen molar-refractivity contribution in [1.82, 2.24) is 14.8 Å². The molecule has 11 heavy (non-hydrogen) atoms. The maximum absolute atomic E-state index is 11.0. The summed E-state index contributed by atoms with van der Waals surface area (Å²) < 4.78 is 1.95. The smallest absolute Gasteiger partial charge is 0.135 e. The average Bonchev–Trinajstić information content (AvgIpc) is 2.38. The van der Waals surface area contributed by atoms with Crippen molar-refractivity contribution in [3.8, 4) is 0 Å². The van der Waals surface area contributed by atoms with Gasteiger partial charge in [-0.25, -0.2) is 0 Å². The average molecular weight is 151 g/mol. The lowest BCUT2D eigenvalue weighted by atomic mass is 10.2. The van der Waals surface area contributed by atoms with Crippen LogP contribution in [0.4, 0.5) is 0 Å². The maximum atomic E-state index is 11.0. The summed E-state index contributed by atoms with van der Waals surface area (Å²) in [6.07, 6.45) is 3.69. The number of carbonyl (C=O) groups excluding carboxylic acids is 1. The maximum Gasteiger partial charge on any atom is 0.135 e. The predicted octanol–water partition coefficient (Wildman–Crippen LogP) is 0.183. The van der Waals surface area contributed by atoms with Crippen molar-refractivity contribution < 1.29 is 4.79 Å². The molecule has 4 heteroatoms. The Morgan fingerprint density at radius 1 is 1.36 bits per heavy atom. The van der Waals surface area contributed by atoms with Crippen LogP contribution in [-0.4, -0.2) is 20.5 Å². The van der Waals surface area contributed by atoms with Crippen LogP contribution in [0.15, 0.2) is 6.33 Å². The molecule has 0 saturated heterocycles. The van der Waals surface area contributed by atoms with Crippen molar-refractivity contribution in [2.75, 3.05) is 0 Å². The van der Waals surface area contributed by atoms with Gasteiger partial charge in [0, 0.05) is 25.8 Å². The largest absolute Gasteiger partial charge is 0.317 e. The second-order valence-electron chi connectivity index (χ2n) is 2.73. The van der Waals surface area contributed by atoms with Gasteiger partial charge in [0.15, 0.2) is 0 Å². The third-order valence-electron chi connectivity index (χ3n) is 1.95. The molecule has 2 rings (SSSR count). The minimum atomic E-state index is 0.329. The van der Waals surface area contributed by atoms with E-state index in [4.69, 9.17) is 0 Å². The Hall–Kier alpha value is -1.19. The number of hydrogen-bond acceptors (Lipinski definition) is 3. The highest BCUT2D eigenvalue weighted by Crippen LogP contribution is 2.08. The molecule has 0 N–H and O–H groups in total. The van der Waals surface area contributed by atoms with E-state index in [0.29, 0.717) is 18.6 Å². The van der Waals surface area contributed by atoms with Gasteiger partial charge >= 0.3 is 0 Å². The van der Waals surface area contributed by atoms with E-state index in [-0.39, 0.29) is 0 Å².